The largest absolute Gasteiger partial charge is 0.343 e. The number of benzene rings is 1. The fourth-order valence-corrected chi connectivity index (χ4v) is 2.92. The average molecular weight is 314 g/mol. The Hall–Kier alpha value is -2.37. The molecule has 0 aliphatic carbocycles. The number of hydrogen-bond donors (Lipinski definition) is 0. The van der Waals surface area contributed by atoms with Gasteiger partial charge in [0.1, 0.15) is 0 Å². The number of carbonyl (C=O) groups excluding carboxylic acids is 1. The zero-order chi connectivity index (χ0) is 16.4. The molecule has 2 heterocycles. The van der Waals surface area contributed by atoms with Gasteiger partial charge in [0.15, 0.2) is 0 Å². The van der Waals surface area contributed by atoms with Gasteiger partial charge < -0.3 is 14.3 Å². The molecule has 0 N–H and O–H groups in total. The Balaban J connectivity index is 1.63. The van der Waals surface area contributed by atoms with Gasteiger partial charge >= 0.3 is 6.01 Å². The molecule has 1 fully saturated rings. The number of rotatable bonds is 4. The highest BCUT2D eigenvalue weighted by atomic mass is 16.5. The third kappa shape index (κ3) is 3.52. The summed E-state index contributed by atoms with van der Waals surface area (Å²) >= 11 is 0. The van der Waals surface area contributed by atoms with Crippen molar-refractivity contribution in [3.8, 4) is 11.4 Å². The number of aryl methyl sites for hydroxylation is 1. The third-order valence-corrected chi connectivity index (χ3v) is 4.31. The van der Waals surface area contributed by atoms with Crippen LogP contribution in [0.25, 0.3) is 11.4 Å². The van der Waals surface area contributed by atoms with E-state index in [0.717, 1.165) is 31.6 Å². The van der Waals surface area contributed by atoms with Crippen LogP contribution in [0.15, 0.2) is 28.8 Å². The van der Waals surface area contributed by atoms with Crippen LogP contribution in [0.1, 0.15) is 18.9 Å². The molecule has 122 valence electrons. The van der Waals surface area contributed by atoms with Crippen LogP contribution in [0.4, 0.5) is 6.01 Å². The zero-order valence-electron chi connectivity index (χ0n) is 13.8. The minimum absolute atomic E-state index is 0.148. The van der Waals surface area contributed by atoms with E-state index in [4.69, 9.17) is 4.52 Å². The monoisotopic (exact) mass is 314 g/mol. The van der Waals surface area contributed by atoms with E-state index in [1.165, 1.54) is 5.56 Å². The number of anilines is 1. The normalized spacial score (nSPS) is 17.5. The highest BCUT2D eigenvalue weighted by Gasteiger charge is 2.26. The number of amides is 1. The van der Waals surface area contributed by atoms with Crippen LogP contribution in [0.3, 0.4) is 0 Å². The quantitative estimate of drug-likeness (QED) is 0.867. The van der Waals surface area contributed by atoms with Gasteiger partial charge in [0, 0.05) is 39.2 Å². The second kappa shape index (κ2) is 6.40. The van der Waals surface area contributed by atoms with Crippen molar-refractivity contribution in [2.45, 2.75) is 20.3 Å². The van der Waals surface area contributed by atoms with Crippen LogP contribution < -0.4 is 4.90 Å². The summed E-state index contributed by atoms with van der Waals surface area (Å²) in [6, 6.07) is 8.56. The molecule has 1 aliphatic rings. The van der Waals surface area contributed by atoms with Gasteiger partial charge in [-0.3, -0.25) is 4.79 Å². The van der Waals surface area contributed by atoms with Gasteiger partial charge in [-0.25, -0.2) is 0 Å². The SMILES string of the molecule is CC(=O)N1CC[C@H](CN(C)c2nc(-c3ccc(C)cc3)no2)C1. The van der Waals surface area contributed by atoms with Crippen LogP contribution in [0, 0.1) is 12.8 Å². The Kier molecular flexibility index (Phi) is 4.32. The zero-order valence-corrected chi connectivity index (χ0v) is 13.8. The second-order valence-electron chi connectivity index (χ2n) is 6.27. The van der Waals surface area contributed by atoms with E-state index in [0.29, 0.717) is 17.8 Å². The molecule has 0 saturated carbocycles. The lowest BCUT2D eigenvalue weighted by atomic mass is 10.1. The van der Waals surface area contributed by atoms with E-state index in [9.17, 15) is 4.79 Å². The minimum atomic E-state index is 0.148. The third-order valence-electron chi connectivity index (χ3n) is 4.31. The second-order valence-corrected chi connectivity index (χ2v) is 6.27. The summed E-state index contributed by atoms with van der Waals surface area (Å²) < 4.78 is 5.38. The Morgan fingerprint density at radius 2 is 2.13 bits per heavy atom. The van der Waals surface area contributed by atoms with Crippen molar-refractivity contribution in [3.63, 3.8) is 0 Å². The van der Waals surface area contributed by atoms with Gasteiger partial charge in [0.05, 0.1) is 0 Å². The van der Waals surface area contributed by atoms with Gasteiger partial charge in [0.25, 0.3) is 0 Å². The van der Waals surface area contributed by atoms with E-state index in [2.05, 4.69) is 10.1 Å². The topological polar surface area (TPSA) is 62.5 Å². The lowest BCUT2D eigenvalue weighted by Gasteiger charge is -2.19. The number of carbonyl (C=O) groups is 1. The molecule has 0 unspecified atom stereocenters. The molecule has 1 aromatic heterocycles. The van der Waals surface area contributed by atoms with Gasteiger partial charge in [-0.15, -0.1) is 0 Å². The molecule has 1 atom stereocenters. The Morgan fingerprint density at radius 3 is 2.78 bits per heavy atom. The predicted octanol–water partition coefficient (Wildman–Crippen LogP) is 2.35. The van der Waals surface area contributed by atoms with Crippen LogP contribution in [-0.2, 0) is 4.79 Å². The molecule has 23 heavy (non-hydrogen) atoms. The maximum absolute atomic E-state index is 11.4. The minimum Gasteiger partial charge on any atom is -0.343 e. The molecule has 3 rings (SSSR count). The summed E-state index contributed by atoms with van der Waals surface area (Å²) in [5, 5.41) is 4.06. The number of nitrogens with zero attached hydrogens (tertiary/aromatic N) is 4. The number of likely N-dealkylation sites (tertiary alicyclic amines) is 1. The van der Waals surface area contributed by atoms with Crippen molar-refractivity contribution >= 4 is 11.9 Å². The Morgan fingerprint density at radius 1 is 1.39 bits per heavy atom. The van der Waals surface area contributed by atoms with Crippen LogP contribution >= 0.6 is 0 Å². The van der Waals surface area contributed by atoms with Crippen molar-refractivity contribution in [2.75, 3.05) is 31.6 Å². The van der Waals surface area contributed by atoms with E-state index in [1.54, 1.807) is 6.92 Å². The standard InChI is InChI=1S/C17H22N4O2/c1-12-4-6-15(7-5-12)16-18-17(23-19-16)20(3)10-14-8-9-21(11-14)13(2)22/h4-7,14H,8-11H2,1-3H3/t14-/m1/s1. The first kappa shape index (κ1) is 15.5. The van der Waals surface area contributed by atoms with Crippen molar-refractivity contribution in [1.29, 1.82) is 0 Å². The summed E-state index contributed by atoms with van der Waals surface area (Å²) in [6.07, 6.45) is 1.02. The maximum atomic E-state index is 11.4. The van der Waals surface area contributed by atoms with Gasteiger partial charge in [-0.05, 0) is 19.3 Å². The van der Waals surface area contributed by atoms with E-state index < -0.39 is 0 Å². The van der Waals surface area contributed by atoms with Crippen molar-refractivity contribution in [1.82, 2.24) is 15.0 Å². The fourth-order valence-electron chi connectivity index (χ4n) is 2.92. The number of hydrogen-bond acceptors (Lipinski definition) is 5. The summed E-state index contributed by atoms with van der Waals surface area (Å²) in [7, 11) is 1.95. The summed E-state index contributed by atoms with van der Waals surface area (Å²) in [5.74, 6) is 1.19. The van der Waals surface area contributed by atoms with Crippen molar-refractivity contribution < 1.29 is 9.32 Å². The molecule has 6 heteroatoms. The average Bonchev–Trinajstić information content (AvgIpc) is 3.17. The molecular formula is C17H22N4O2. The highest BCUT2D eigenvalue weighted by Crippen LogP contribution is 2.22. The fraction of sp³-hybridized carbons (Fsp3) is 0.471. The lowest BCUT2D eigenvalue weighted by Crippen LogP contribution is -2.30. The first-order valence-corrected chi connectivity index (χ1v) is 7.90. The first-order valence-electron chi connectivity index (χ1n) is 7.90. The van der Waals surface area contributed by atoms with E-state index in [1.807, 2.05) is 48.0 Å². The first-order chi connectivity index (χ1) is 11.0. The van der Waals surface area contributed by atoms with Gasteiger partial charge in [0.2, 0.25) is 11.7 Å². The molecule has 1 saturated heterocycles. The predicted molar refractivity (Wildman–Crippen MR) is 88.1 cm³/mol. The van der Waals surface area contributed by atoms with Crippen molar-refractivity contribution in [2.24, 2.45) is 5.92 Å². The van der Waals surface area contributed by atoms with Crippen LogP contribution in [-0.4, -0.2) is 47.6 Å². The van der Waals surface area contributed by atoms with Crippen LogP contribution in [0.5, 0.6) is 0 Å². The molecular weight excluding hydrogens is 292 g/mol. The van der Waals surface area contributed by atoms with Gasteiger partial charge in [-0.1, -0.05) is 35.0 Å². The maximum Gasteiger partial charge on any atom is 0.324 e. The van der Waals surface area contributed by atoms with Crippen LogP contribution in [0.2, 0.25) is 0 Å². The summed E-state index contributed by atoms with van der Waals surface area (Å²) in [6.45, 7) is 6.12. The highest BCUT2D eigenvalue weighted by molar-refractivity contribution is 5.73. The summed E-state index contributed by atoms with van der Waals surface area (Å²) in [5.41, 5.74) is 2.15. The molecule has 2 aromatic rings. The molecule has 6 nitrogen and oxygen atoms in total. The lowest BCUT2D eigenvalue weighted by molar-refractivity contribution is -0.127. The van der Waals surface area contributed by atoms with Gasteiger partial charge in [-0.2, -0.15) is 4.98 Å². The number of aromatic nitrogens is 2. The molecule has 1 aromatic carbocycles. The molecule has 1 aliphatic heterocycles. The molecule has 0 bridgehead atoms. The Bertz CT molecular complexity index is 680. The molecule has 1 amide bonds. The van der Waals surface area contributed by atoms with Crippen molar-refractivity contribution in [3.05, 3.63) is 29.8 Å². The molecule has 0 radical (unpaired) electrons. The molecule has 0 spiro atoms. The Labute approximate surface area is 136 Å². The summed E-state index contributed by atoms with van der Waals surface area (Å²) in [4.78, 5) is 19.7. The van der Waals surface area contributed by atoms with E-state index in [-0.39, 0.29) is 5.91 Å². The smallest absolute Gasteiger partial charge is 0.324 e. The van der Waals surface area contributed by atoms with E-state index >= 15 is 0 Å².